The number of hydrogen-bond donors (Lipinski definition) is 2. The monoisotopic (exact) mass is 441 g/mol. The molecule has 1 fully saturated rings. The van der Waals surface area contributed by atoms with E-state index in [0.29, 0.717) is 29.5 Å². The van der Waals surface area contributed by atoms with Crippen molar-refractivity contribution in [1.29, 1.82) is 0 Å². The highest BCUT2D eigenvalue weighted by Gasteiger charge is 2.26. The highest BCUT2D eigenvalue weighted by molar-refractivity contribution is 7.10. The van der Waals surface area contributed by atoms with E-state index >= 15 is 0 Å². The van der Waals surface area contributed by atoms with E-state index < -0.39 is 6.09 Å². The zero-order chi connectivity index (χ0) is 21.1. The fourth-order valence-electron chi connectivity index (χ4n) is 3.56. The molecule has 0 spiro atoms. The average Bonchev–Trinajstić information content (AvgIpc) is 3.25. The molecule has 4 rings (SSSR count). The number of nitrogens with one attached hydrogen (secondary N) is 1. The molecule has 0 bridgehead atoms. The first-order valence-electron chi connectivity index (χ1n) is 9.61. The van der Waals surface area contributed by atoms with E-state index in [1.54, 1.807) is 5.38 Å². The summed E-state index contributed by atoms with van der Waals surface area (Å²) >= 11 is 7.44. The molecule has 1 aliphatic heterocycles. The van der Waals surface area contributed by atoms with Gasteiger partial charge in [0.25, 0.3) is 5.91 Å². The van der Waals surface area contributed by atoms with E-state index in [1.807, 2.05) is 48.5 Å². The lowest BCUT2D eigenvalue weighted by Crippen LogP contribution is -2.36. The number of carboxylic acid groups (broad SMARTS) is 1. The number of hydrogen-bond acceptors (Lipinski definition) is 4. The first kappa shape index (κ1) is 20.4. The van der Waals surface area contributed by atoms with Crippen molar-refractivity contribution >= 4 is 40.6 Å². The molecule has 3 aromatic rings. The molecule has 2 amide bonds. The minimum absolute atomic E-state index is 0.188. The van der Waals surface area contributed by atoms with Gasteiger partial charge >= 0.3 is 6.09 Å². The minimum atomic E-state index is -0.882. The number of para-hydroxylation sites is 1. The van der Waals surface area contributed by atoms with Crippen LogP contribution in [0.4, 0.5) is 10.5 Å². The summed E-state index contributed by atoms with van der Waals surface area (Å²) in [5.41, 5.74) is 2.94. The van der Waals surface area contributed by atoms with Crippen molar-refractivity contribution < 1.29 is 14.7 Å². The molecule has 1 aromatic heterocycles. The standard InChI is InChI=1S/C22H20ClN3O3S/c23-16-7-5-14(6-8-16)17-3-1-2-4-18(17)24-20(27)19-13-30-21(25-19)15-9-11-26(12-10-15)22(28)29/h1-8,13,15H,9-12H2,(H,24,27)(H,28,29). The zero-order valence-corrected chi connectivity index (χ0v) is 17.6. The second kappa shape index (κ2) is 8.85. The highest BCUT2D eigenvalue weighted by atomic mass is 35.5. The zero-order valence-electron chi connectivity index (χ0n) is 16.0. The SMILES string of the molecule is O=C(Nc1ccccc1-c1ccc(Cl)cc1)c1csc(C2CCN(C(=O)O)CC2)n1. The van der Waals surface area contributed by atoms with Crippen molar-refractivity contribution in [2.45, 2.75) is 18.8 Å². The molecule has 0 unspecified atom stereocenters. The Kier molecular flexibility index (Phi) is 6.01. The van der Waals surface area contributed by atoms with Crippen LogP contribution in [0.15, 0.2) is 53.9 Å². The second-order valence-corrected chi connectivity index (χ2v) is 8.45. The number of thiazole rings is 1. The number of likely N-dealkylation sites (tertiary alicyclic amines) is 1. The predicted octanol–water partition coefficient (Wildman–Crippen LogP) is 5.57. The Labute approximate surface area is 183 Å². The van der Waals surface area contributed by atoms with E-state index in [2.05, 4.69) is 10.3 Å². The third kappa shape index (κ3) is 4.47. The quantitative estimate of drug-likeness (QED) is 0.554. The molecule has 0 saturated carbocycles. The van der Waals surface area contributed by atoms with Gasteiger partial charge in [-0.1, -0.05) is 41.9 Å². The fourth-order valence-corrected chi connectivity index (χ4v) is 4.65. The van der Waals surface area contributed by atoms with Gasteiger partial charge in [-0.3, -0.25) is 4.79 Å². The summed E-state index contributed by atoms with van der Waals surface area (Å²) in [5, 5.41) is 15.4. The molecule has 154 valence electrons. The van der Waals surface area contributed by atoms with Crippen LogP contribution in [-0.4, -0.2) is 40.1 Å². The van der Waals surface area contributed by atoms with Crippen molar-refractivity contribution in [3.63, 3.8) is 0 Å². The predicted molar refractivity (Wildman–Crippen MR) is 119 cm³/mol. The Morgan fingerprint density at radius 1 is 1.10 bits per heavy atom. The number of benzene rings is 2. The maximum absolute atomic E-state index is 12.8. The molecule has 0 atom stereocenters. The van der Waals surface area contributed by atoms with Gasteiger partial charge in [-0.15, -0.1) is 11.3 Å². The largest absolute Gasteiger partial charge is 0.465 e. The summed E-state index contributed by atoms with van der Waals surface area (Å²) in [6, 6.07) is 15.1. The number of rotatable bonds is 4. The molecule has 2 N–H and O–H groups in total. The first-order chi connectivity index (χ1) is 14.5. The Balaban J connectivity index is 1.47. The van der Waals surface area contributed by atoms with Crippen LogP contribution in [-0.2, 0) is 0 Å². The lowest BCUT2D eigenvalue weighted by molar-refractivity contribution is 0.102. The molecule has 1 saturated heterocycles. The molecule has 0 radical (unpaired) electrons. The van der Waals surface area contributed by atoms with Crippen molar-refractivity contribution in [2.24, 2.45) is 0 Å². The van der Waals surface area contributed by atoms with Crippen LogP contribution < -0.4 is 5.32 Å². The number of nitrogens with zero attached hydrogens (tertiary/aromatic N) is 2. The third-order valence-electron chi connectivity index (χ3n) is 5.20. The van der Waals surface area contributed by atoms with Crippen LogP contribution >= 0.6 is 22.9 Å². The molecule has 8 heteroatoms. The number of piperidine rings is 1. The number of amides is 2. The summed E-state index contributed by atoms with van der Waals surface area (Å²) in [6.07, 6.45) is 0.563. The smallest absolute Gasteiger partial charge is 0.407 e. The molecule has 6 nitrogen and oxygen atoms in total. The molecular weight excluding hydrogens is 422 g/mol. The summed E-state index contributed by atoms with van der Waals surface area (Å²) in [7, 11) is 0. The van der Waals surface area contributed by atoms with Crippen LogP contribution in [0.1, 0.15) is 34.3 Å². The topological polar surface area (TPSA) is 82.5 Å². The molecule has 2 heterocycles. The van der Waals surface area contributed by atoms with Crippen molar-refractivity contribution in [3.05, 3.63) is 69.6 Å². The van der Waals surface area contributed by atoms with E-state index in [0.717, 1.165) is 29.0 Å². The minimum Gasteiger partial charge on any atom is -0.465 e. The van der Waals surface area contributed by atoms with Crippen LogP contribution in [0.5, 0.6) is 0 Å². The van der Waals surface area contributed by atoms with Gasteiger partial charge in [-0.25, -0.2) is 9.78 Å². The molecule has 0 aliphatic carbocycles. The summed E-state index contributed by atoms with van der Waals surface area (Å²) in [6.45, 7) is 0.991. The van der Waals surface area contributed by atoms with Crippen LogP contribution in [0.2, 0.25) is 5.02 Å². The van der Waals surface area contributed by atoms with E-state index in [9.17, 15) is 9.59 Å². The third-order valence-corrected chi connectivity index (χ3v) is 6.46. The van der Waals surface area contributed by atoms with Crippen molar-refractivity contribution in [2.75, 3.05) is 18.4 Å². The number of halogens is 1. The van der Waals surface area contributed by atoms with Gasteiger partial charge in [0.15, 0.2) is 0 Å². The average molecular weight is 442 g/mol. The highest BCUT2D eigenvalue weighted by Crippen LogP contribution is 2.32. The van der Waals surface area contributed by atoms with Crippen LogP contribution in [0.25, 0.3) is 11.1 Å². The maximum Gasteiger partial charge on any atom is 0.407 e. The summed E-state index contributed by atoms with van der Waals surface area (Å²) < 4.78 is 0. The maximum atomic E-state index is 12.8. The van der Waals surface area contributed by atoms with Gasteiger partial charge in [0.05, 0.1) is 5.01 Å². The van der Waals surface area contributed by atoms with Crippen molar-refractivity contribution in [3.8, 4) is 11.1 Å². The Bertz CT molecular complexity index is 1060. The Morgan fingerprint density at radius 3 is 2.50 bits per heavy atom. The lowest BCUT2D eigenvalue weighted by atomic mass is 9.98. The number of anilines is 1. The van der Waals surface area contributed by atoms with E-state index in [-0.39, 0.29) is 11.8 Å². The van der Waals surface area contributed by atoms with Gasteiger partial charge in [0.2, 0.25) is 0 Å². The van der Waals surface area contributed by atoms with Gasteiger partial charge < -0.3 is 15.3 Å². The molecule has 2 aromatic carbocycles. The Morgan fingerprint density at radius 2 is 1.80 bits per heavy atom. The summed E-state index contributed by atoms with van der Waals surface area (Å²) in [4.78, 5) is 29.8. The summed E-state index contributed by atoms with van der Waals surface area (Å²) in [5.74, 6) is -0.0737. The lowest BCUT2D eigenvalue weighted by Gasteiger charge is -2.28. The first-order valence-corrected chi connectivity index (χ1v) is 10.9. The Hall–Kier alpha value is -2.90. The fraction of sp³-hybridized carbons (Fsp3) is 0.227. The van der Waals surface area contributed by atoms with E-state index in [4.69, 9.17) is 16.7 Å². The van der Waals surface area contributed by atoms with Gasteiger partial charge in [-0.05, 0) is 36.6 Å². The number of carbonyl (C=O) groups is 2. The van der Waals surface area contributed by atoms with Gasteiger partial charge in [0, 0.05) is 40.7 Å². The molecule has 1 aliphatic rings. The number of aromatic nitrogens is 1. The number of carbonyl (C=O) groups excluding carboxylic acids is 1. The van der Waals surface area contributed by atoms with Crippen molar-refractivity contribution in [1.82, 2.24) is 9.88 Å². The van der Waals surface area contributed by atoms with Gasteiger partial charge in [0.1, 0.15) is 5.69 Å². The molecular formula is C22H20ClN3O3S. The van der Waals surface area contributed by atoms with Gasteiger partial charge in [-0.2, -0.15) is 0 Å². The van der Waals surface area contributed by atoms with E-state index in [1.165, 1.54) is 16.2 Å². The normalized spacial score (nSPS) is 14.5. The van der Waals surface area contributed by atoms with Crippen LogP contribution in [0.3, 0.4) is 0 Å². The second-order valence-electron chi connectivity index (χ2n) is 7.12. The molecule has 30 heavy (non-hydrogen) atoms. The van der Waals surface area contributed by atoms with Crippen LogP contribution in [0, 0.1) is 0 Å².